The number of rotatable bonds is 4. The van der Waals surface area contributed by atoms with Gasteiger partial charge in [-0.15, -0.1) is 0 Å². The number of ketones is 2. The van der Waals surface area contributed by atoms with Crippen molar-refractivity contribution in [3.63, 3.8) is 0 Å². The molecule has 1 saturated heterocycles. The standard InChI is InChI=1S/C32H28ClNO6/c1-4-40-26-12-17(6-10-24(26)35)27-19-8-9-20-28(21(19)14-22-29(27)25(36)11-16(3)30(22)37)32(39)34(31(20)38)18-7-5-15(2)23(33)13-18/h5-8,10-13,20-21,27-28,35H,4,9,14H2,1-3H3/t20-,21+,27-,28-/m0/s1. The first-order chi connectivity index (χ1) is 19.1. The van der Waals surface area contributed by atoms with E-state index in [9.17, 15) is 24.3 Å². The number of allylic oxidation sites excluding steroid dienone is 6. The third kappa shape index (κ3) is 3.86. The SMILES string of the molecule is CCOc1cc([C@H]2C3=CC[C@@H]4C(=O)N(c5ccc(C)c(Cl)c5)C(=O)[C@@H]4[C@@H]3CC3=C2C(=O)C=C(C)C3=O)ccc1O. The molecule has 3 aliphatic carbocycles. The number of ether oxygens (including phenoxy) is 1. The molecule has 0 radical (unpaired) electrons. The summed E-state index contributed by atoms with van der Waals surface area (Å²) in [6.45, 7) is 5.61. The fourth-order valence-electron chi connectivity index (χ4n) is 6.72. The molecule has 1 heterocycles. The van der Waals surface area contributed by atoms with E-state index >= 15 is 0 Å². The number of carbonyl (C=O) groups is 4. The highest BCUT2D eigenvalue weighted by Gasteiger charge is 2.56. The molecule has 7 nitrogen and oxygen atoms in total. The molecule has 204 valence electrons. The van der Waals surface area contributed by atoms with Crippen LogP contribution in [0.4, 0.5) is 5.69 Å². The number of carbonyl (C=O) groups excluding carboxylic acids is 4. The smallest absolute Gasteiger partial charge is 0.238 e. The van der Waals surface area contributed by atoms with Crippen LogP contribution in [0.25, 0.3) is 0 Å². The van der Waals surface area contributed by atoms with Gasteiger partial charge in [0, 0.05) is 27.7 Å². The van der Waals surface area contributed by atoms with Crippen LogP contribution in [0.2, 0.25) is 5.02 Å². The van der Waals surface area contributed by atoms with Crippen molar-refractivity contribution in [3.8, 4) is 11.5 Å². The van der Waals surface area contributed by atoms with Crippen LogP contribution in [-0.2, 0) is 19.2 Å². The predicted molar refractivity (Wildman–Crippen MR) is 149 cm³/mol. The molecule has 1 N–H and O–H groups in total. The Kier molecular flexibility index (Phi) is 6.30. The molecule has 4 aliphatic rings. The highest BCUT2D eigenvalue weighted by Crippen LogP contribution is 2.56. The Morgan fingerprint density at radius 1 is 1.02 bits per heavy atom. The molecule has 2 amide bonds. The summed E-state index contributed by atoms with van der Waals surface area (Å²) >= 11 is 6.34. The summed E-state index contributed by atoms with van der Waals surface area (Å²) in [7, 11) is 0. The number of aromatic hydroxyl groups is 1. The first-order valence-corrected chi connectivity index (χ1v) is 13.8. The molecule has 0 saturated carbocycles. The lowest BCUT2D eigenvalue weighted by Gasteiger charge is -2.42. The van der Waals surface area contributed by atoms with Gasteiger partial charge in [0.15, 0.2) is 23.1 Å². The van der Waals surface area contributed by atoms with Gasteiger partial charge in [0.1, 0.15) is 0 Å². The monoisotopic (exact) mass is 557 g/mol. The number of Topliss-reactive ketones (excluding diaryl/α,β-unsaturated/α-hetero) is 1. The predicted octanol–water partition coefficient (Wildman–Crippen LogP) is 5.39. The number of amides is 2. The summed E-state index contributed by atoms with van der Waals surface area (Å²) in [5.41, 5.74) is 3.92. The topological polar surface area (TPSA) is 101 Å². The van der Waals surface area contributed by atoms with Gasteiger partial charge < -0.3 is 9.84 Å². The Morgan fingerprint density at radius 3 is 2.52 bits per heavy atom. The molecule has 0 spiro atoms. The number of hydrogen-bond acceptors (Lipinski definition) is 6. The van der Waals surface area contributed by atoms with E-state index in [1.807, 2.05) is 13.0 Å². The molecule has 0 aromatic heterocycles. The first-order valence-electron chi connectivity index (χ1n) is 13.4. The van der Waals surface area contributed by atoms with Gasteiger partial charge >= 0.3 is 0 Å². The maximum absolute atomic E-state index is 14.0. The highest BCUT2D eigenvalue weighted by molar-refractivity contribution is 6.32. The number of imide groups is 1. The zero-order valence-electron chi connectivity index (χ0n) is 22.4. The number of anilines is 1. The van der Waals surface area contributed by atoms with E-state index in [-0.39, 0.29) is 41.3 Å². The van der Waals surface area contributed by atoms with Crippen LogP contribution < -0.4 is 9.64 Å². The van der Waals surface area contributed by atoms with E-state index in [1.165, 1.54) is 17.0 Å². The van der Waals surface area contributed by atoms with Crippen molar-refractivity contribution in [1.82, 2.24) is 0 Å². The molecule has 6 rings (SSSR count). The number of aryl methyl sites for hydroxylation is 1. The fraction of sp³-hybridized carbons (Fsp3) is 0.312. The third-order valence-electron chi connectivity index (χ3n) is 8.59. The van der Waals surface area contributed by atoms with Gasteiger partial charge in [-0.2, -0.15) is 0 Å². The molecule has 8 heteroatoms. The van der Waals surface area contributed by atoms with Crippen molar-refractivity contribution in [2.75, 3.05) is 11.5 Å². The maximum Gasteiger partial charge on any atom is 0.238 e. The van der Waals surface area contributed by atoms with Crippen molar-refractivity contribution in [2.45, 2.75) is 39.5 Å². The number of hydrogen-bond donors (Lipinski definition) is 1. The Morgan fingerprint density at radius 2 is 1.80 bits per heavy atom. The van der Waals surface area contributed by atoms with Crippen LogP contribution in [-0.4, -0.2) is 35.1 Å². The number of phenols is 1. The number of fused-ring (bicyclic) bond motifs is 3. The maximum atomic E-state index is 14.0. The second kappa shape index (κ2) is 9.59. The van der Waals surface area contributed by atoms with E-state index in [2.05, 4.69) is 0 Å². The summed E-state index contributed by atoms with van der Waals surface area (Å²) in [6, 6.07) is 10.0. The van der Waals surface area contributed by atoms with Crippen molar-refractivity contribution in [2.24, 2.45) is 17.8 Å². The lowest BCUT2D eigenvalue weighted by atomic mass is 9.59. The average molecular weight is 558 g/mol. The molecule has 2 aromatic carbocycles. The molecular formula is C32H28ClNO6. The highest BCUT2D eigenvalue weighted by atomic mass is 35.5. The molecule has 1 aliphatic heterocycles. The zero-order valence-corrected chi connectivity index (χ0v) is 23.1. The van der Waals surface area contributed by atoms with Gasteiger partial charge in [-0.1, -0.05) is 35.4 Å². The minimum Gasteiger partial charge on any atom is -0.504 e. The molecule has 40 heavy (non-hydrogen) atoms. The zero-order chi connectivity index (χ0) is 28.5. The minimum atomic E-state index is -0.679. The largest absolute Gasteiger partial charge is 0.504 e. The molecule has 4 atom stereocenters. The van der Waals surface area contributed by atoms with Crippen LogP contribution in [0.15, 0.2) is 70.8 Å². The third-order valence-corrected chi connectivity index (χ3v) is 9.00. The van der Waals surface area contributed by atoms with E-state index in [1.54, 1.807) is 44.2 Å². The number of phenolic OH excluding ortho intramolecular Hbond substituents is 1. The van der Waals surface area contributed by atoms with Crippen LogP contribution in [0, 0.1) is 24.7 Å². The van der Waals surface area contributed by atoms with E-state index in [0.29, 0.717) is 46.0 Å². The first kappa shape index (κ1) is 26.3. The second-order valence-electron chi connectivity index (χ2n) is 10.8. The molecule has 0 unspecified atom stereocenters. The molecule has 2 aromatic rings. The van der Waals surface area contributed by atoms with Gasteiger partial charge in [-0.25, -0.2) is 4.90 Å². The Labute approximate surface area is 236 Å². The van der Waals surface area contributed by atoms with Gasteiger partial charge in [0.25, 0.3) is 0 Å². The van der Waals surface area contributed by atoms with Crippen molar-refractivity contribution in [1.29, 1.82) is 0 Å². The normalized spacial score (nSPS) is 25.9. The Hall–Kier alpha value is -3.97. The van der Waals surface area contributed by atoms with Gasteiger partial charge in [0.2, 0.25) is 11.8 Å². The van der Waals surface area contributed by atoms with Gasteiger partial charge in [0.05, 0.1) is 24.1 Å². The van der Waals surface area contributed by atoms with Crippen molar-refractivity contribution >= 4 is 40.7 Å². The van der Waals surface area contributed by atoms with Crippen LogP contribution in [0.3, 0.4) is 0 Å². The van der Waals surface area contributed by atoms with E-state index in [4.69, 9.17) is 16.3 Å². The number of benzene rings is 2. The summed E-state index contributed by atoms with van der Waals surface area (Å²) < 4.78 is 5.62. The Bertz CT molecular complexity index is 1610. The van der Waals surface area contributed by atoms with E-state index < -0.39 is 23.7 Å². The summed E-state index contributed by atoms with van der Waals surface area (Å²) in [5, 5.41) is 10.8. The molecule has 0 bridgehead atoms. The van der Waals surface area contributed by atoms with Gasteiger partial charge in [-0.05, 0) is 81.0 Å². The summed E-state index contributed by atoms with van der Waals surface area (Å²) in [6.07, 6.45) is 3.88. The van der Waals surface area contributed by atoms with Crippen molar-refractivity contribution < 1.29 is 29.0 Å². The summed E-state index contributed by atoms with van der Waals surface area (Å²) in [5.74, 6) is -3.14. The minimum absolute atomic E-state index is 0.0318. The molecular weight excluding hydrogens is 530 g/mol. The number of halogens is 1. The van der Waals surface area contributed by atoms with Gasteiger partial charge in [-0.3, -0.25) is 19.2 Å². The second-order valence-corrected chi connectivity index (χ2v) is 11.2. The fourth-order valence-corrected chi connectivity index (χ4v) is 6.89. The summed E-state index contributed by atoms with van der Waals surface area (Å²) in [4.78, 5) is 55.7. The lowest BCUT2D eigenvalue weighted by Crippen LogP contribution is -2.39. The average Bonchev–Trinajstić information content (AvgIpc) is 3.19. The van der Waals surface area contributed by atoms with Crippen LogP contribution in [0.5, 0.6) is 11.5 Å². The van der Waals surface area contributed by atoms with Crippen LogP contribution in [0.1, 0.15) is 43.7 Å². The van der Waals surface area contributed by atoms with E-state index in [0.717, 1.165) is 11.1 Å². The van der Waals surface area contributed by atoms with Crippen molar-refractivity contribution in [3.05, 3.63) is 87.0 Å². The Balaban J connectivity index is 1.48. The lowest BCUT2D eigenvalue weighted by molar-refractivity contribution is -0.123. The quantitative estimate of drug-likeness (QED) is 0.307. The number of nitrogens with zero attached hydrogens (tertiary/aromatic N) is 1. The molecule has 1 fully saturated rings. The van der Waals surface area contributed by atoms with Crippen LogP contribution >= 0.6 is 11.6 Å².